The lowest BCUT2D eigenvalue weighted by Crippen LogP contribution is -2.49. The first-order valence-corrected chi connectivity index (χ1v) is 11.0. The van der Waals surface area contributed by atoms with Crippen LogP contribution in [0.4, 0.5) is 19.1 Å². The second-order valence-electron chi connectivity index (χ2n) is 7.98. The van der Waals surface area contributed by atoms with Gasteiger partial charge in [0.1, 0.15) is 6.61 Å². The van der Waals surface area contributed by atoms with E-state index >= 15 is 0 Å². The highest BCUT2D eigenvalue weighted by Gasteiger charge is 2.39. The van der Waals surface area contributed by atoms with Gasteiger partial charge in [-0.3, -0.25) is 9.59 Å². The maximum absolute atomic E-state index is 13.1. The number of piperazine rings is 1. The molecular weight excluding hydrogens is 481 g/mol. The fourth-order valence-electron chi connectivity index (χ4n) is 3.94. The quantitative estimate of drug-likeness (QED) is 0.637. The number of aromatic nitrogens is 4. The number of aromatic amines is 1. The van der Waals surface area contributed by atoms with Crippen molar-refractivity contribution in [3.63, 3.8) is 0 Å². The van der Waals surface area contributed by atoms with Crippen molar-refractivity contribution in [3.8, 4) is 5.75 Å². The first-order valence-electron chi connectivity index (χ1n) is 10.6. The molecule has 14 heteroatoms. The maximum atomic E-state index is 13.1. The molecule has 2 saturated heterocycles. The lowest BCUT2D eigenvalue weighted by atomic mass is 10.1. The number of hydrogen-bond acceptors (Lipinski definition) is 8. The van der Waals surface area contributed by atoms with E-state index in [9.17, 15) is 22.8 Å². The molecule has 10 nitrogen and oxygen atoms in total. The number of nitrogens with one attached hydrogen (secondary N) is 1. The minimum atomic E-state index is -4.87. The highest BCUT2D eigenvalue weighted by Crippen LogP contribution is 2.33. The van der Waals surface area contributed by atoms with Crippen LogP contribution in [-0.4, -0.2) is 76.0 Å². The number of alkyl halides is 3. The van der Waals surface area contributed by atoms with Crippen molar-refractivity contribution in [1.29, 1.82) is 0 Å². The Balaban J connectivity index is 1.23. The van der Waals surface area contributed by atoms with Crippen LogP contribution < -0.4 is 15.2 Å². The van der Waals surface area contributed by atoms with E-state index in [0.29, 0.717) is 50.0 Å². The van der Waals surface area contributed by atoms with Gasteiger partial charge in [0.15, 0.2) is 11.3 Å². The Morgan fingerprint density at radius 1 is 1.15 bits per heavy atom. The third-order valence-electron chi connectivity index (χ3n) is 5.65. The lowest BCUT2D eigenvalue weighted by Gasteiger charge is -2.35. The highest BCUT2D eigenvalue weighted by atomic mass is 35.5. The molecule has 0 aliphatic carbocycles. The van der Waals surface area contributed by atoms with Crippen LogP contribution in [0.5, 0.6) is 5.75 Å². The molecule has 34 heavy (non-hydrogen) atoms. The Kier molecular flexibility index (Phi) is 7.22. The Labute approximate surface area is 197 Å². The summed E-state index contributed by atoms with van der Waals surface area (Å²) in [5.41, 5.74) is -2.81. The van der Waals surface area contributed by atoms with Crippen LogP contribution in [0.25, 0.3) is 0 Å². The summed E-state index contributed by atoms with van der Waals surface area (Å²) in [6, 6.07) is 0. The zero-order valence-corrected chi connectivity index (χ0v) is 18.7. The van der Waals surface area contributed by atoms with E-state index in [1.54, 1.807) is 10.00 Å². The van der Waals surface area contributed by atoms with E-state index in [1.165, 1.54) is 12.4 Å². The van der Waals surface area contributed by atoms with Crippen molar-refractivity contribution < 1.29 is 27.4 Å². The molecule has 1 amide bonds. The molecule has 0 radical (unpaired) electrons. The van der Waals surface area contributed by atoms with Crippen molar-refractivity contribution in [1.82, 2.24) is 25.1 Å². The summed E-state index contributed by atoms with van der Waals surface area (Å²) in [4.78, 5) is 36.3. The molecule has 0 saturated carbocycles. The van der Waals surface area contributed by atoms with Gasteiger partial charge in [0, 0.05) is 26.2 Å². The standard InChI is InChI=1S/C20H22ClF3N6O4/c21-12-8-25-19(26-9-12)30-5-3-29(4-6-30)16(31)7-13-1-2-14(34-13)11-33-15-10-27-28-18(32)17(15)20(22,23)24/h8-10,13-14H,1-7,11H2,(H,28,32)/t13-,14+/m1/s1. The van der Waals surface area contributed by atoms with Crippen molar-refractivity contribution in [2.45, 2.75) is 37.6 Å². The third-order valence-corrected chi connectivity index (χ3v) is 5.84. The van der Waals surface area contributed by atoms with E-state index in [4.69, 9.17) is 21.1 Å². The molecule has 4 heterocycles. The number of halogens is 4. The van der Waals surface area contributed by atoms with Crippen molar-refractivity contribution in [3.05, 3.63) is 39.5 Å². The molecule has 2 aliphatic rings. The van der Waals surface area contributed by atoms with Crippen molar-refractivity contribution in [2.75, 3.05) is 37.7 Å². The summed E-state index contributed by atoms with van der Waals surface area (Å²) in [6.45, 7) is 2.01. The summed E-state index contributed by atoms with van der Waals surface area (Å²) in [5.74, 6) is -0.147. The largest absolute Gasteiger partial charge is 0.488 e. The van der Waals surface area contributed by atoms with Crippen LogP contribution in [-0.2, 0) is 15.7 Å². The molecule has 2 fully saturated rings. The molecule has 2 aromatic heterocycles. The fourth-order valence-corrected chi connectivity index (χ4v) is 4.04. The van der Waals surface area contributed by atoms with Crippen molar-refractivity contribution in [2.24, 2.45) is 0 Å². The monoisotopic (exact) mass is 502 g/mol. The predicted molar refractivity (Wildman–Crippen MR) is 114 cm³/mol. The van der Waals surface area contributed by atoms with E-state index in [-0.39, 0.29) is 25.0 Å². The Morgan fingerprint density at radius 2 is 1.82 bits per heavy atom. The van der Waals surface area contributed by atoms with Gasteiger partial charge in [-0.2, -0.15) is 18.3 Å². The molecule has 0 unspecified atom stereocenters. The van der Waals surface area contributed by atoms with Crippen LogP contribution in [0.15, 0.2) is 23.4 Å². The number of nitrogens with zero attached hydrogens (tertiary/aromatic N) is 5. The summed E-state index contributed by atoms with van der Waals surface area (Å²) in [5, 5.41) is 5.57. The van der Waals surface area contributed by atoms with E-state index in [1.807, 2.05) is 4.90 Å². The SMILES string of the molecule is O=C(C[C@H]1CC[C@@H](COc2cn[nH]c(=O)c2C(F)(F)F)O1)N1CCN(c2ncc(Cl)cn2)CC1. The van der Waals surface area contributed by atoms with Crippen LogP contribution in [0.1, 0.15) is 24.8 Å². The molecule has 2 atom stereocenters. The molecule has 2 aromatic rings. The molecule has 184 valence electrons. The van der Waals surface area contributed by atoms with E-state index in [2.05, 4.69) is 15.1 Å². The van der Waals surface area contributed by atoms with Gasteiger partial charge in [0.2, 0.25) is 11.9 Å². The molecule has 1 N–H and O–H groups in total. The first kappa shape index (κ1) is 24.2. The third kappa shape index (κ3) is 5.76. The topological polar surface area (TPSA) is 114 Å². The number of amides is 1. The summed E-state index contributed by atoms with van der Waals surface area (Å²) < 4.78 is 50.3. The zero-order chi connectivity index (χ0) is 24.3. The van der Waals surface area contributed by atoms with Gasteiger partial charge in [0.25, 0.3) is 5.56 Å². The number of carbonyl (C=O) groups is 1. The van der Waals surface area contributed by atoms with Gasteiger partial charge >= 0.3 is 6.18 Å². The van der Waals surface area contributed by atoms with Gasteiger partial charge in [-0.1, -0.05) is 11.6 Å². The predicted octanol–water partition coefficient (Wildman–Crippen LogP) is 1.90. The maximum Gasteiger partial charge on any atom is 0.425 e. The Morgan fingerprint density at radius 3 is 2.50 bits per heavy atom. The van der Waals surface area contributed by atoms with Gasteiger partial charge in [-0.15, -0.1) is 0 Å². The minimum Gasteiger partial charge on any atom is -0.488 e. The van der Waals surface area contributed by atoms with Crippen LogP contribution >= 0.6 is 11.6 Å². The van der Waals surface area contributed by atoms with Gasteiger partial charge in [-0.05, 0) is 12.8 Å². The molecule has 2 aliphatic heterocycles. The number of rotatable bonds is 6. The lowest BCUT2D eigenvalue weighted by molar-refractivity contribution is -0.141. The minimum absolute atomic E-state index is 0.0543. The molecular formula is C20H22ClF3N6O4. The number of H-pyrrole nitrogens is 1. The summed E-state index contributed by atoms with van der Waals surface area (Å²) in [7, 11) is 0. The zero-order valence-electron chi connectivity index (χ0n) is 17.9. The molecule has 0 aromatic carbocycles. The average Bonchev–Trinajstić information content (AvgIpc) is 3.24. The molecule has 4 rings (SSSR count). The highest BCUT2D eigenvalue weighted by molar-refractivity contribution is 6.30. The smallest absolute Gasteiger partial charge is 0.425 e. The van der Waals surface area contributed by atoms with E-state index < -0.39 is 29.2 Å². The normalized spacial score (nSPS) is 21.1. The second kappa shape index (κ2) is 10.1. The van der Waals surface area contributed by atoms with Gasteiger partial charge < -0.3 is 19.3 Å². The number of ether oxygens (including phenoxy) is 2. The van der Waals surface area contributed by atoms with Gasteiger partial charge in [0.05, 0.1) is 42.2 Å². The summed E-state index contributed by atoms with van der Waals surface area (Å²) in [6.07, 6.45) is -0.569. The van der Waals surface area contributed by atoms with Crippen LogP contribution in [0.3, 0.4) is 0 Å². The first-order chi connectivity index (χ1) is 16.2. The fraction of sp³-hybridized carbons (Fsp3) is 0.550. The van der Waals surface area contributed by atoms with Crippen LogP contribution in [0, 0.1) is 0 Å². The molecule has 0 spiro atoms. The van der Waals surface area contributed by atoms with Crippen molar-refractivity contribution >= 4 is 23.5 Å². The van der Waals surface area contributed by atoms with Gasteiger partial charge in [-0.25, -0.2) is 15.1 Å². The van der Waals surface area contributed by atoms with E-state index in [0.717, 1.165) is 6.20 Å². The van der Waals surface area contributed by atoms with Crippen LogP contribution in [0.2, 0.25) is 5.02 Å². The average molecular weight is 503 g/mol. The molecule has 0 bridgehead atoms. The Bertz CT molecular complexity index is 1060. The number of anilines is 1. The number of hydrogen-bond donors (Lipinski definition) is 1. The number of carbonyl (C=O) groups excluding carboxylic acids is 1. The second-order valence-corrected chi connectivity index (χ2v) is 8.41. The Hall–Kier alpha value is -2.93. The summed E-state index contributed by atoms with van der Waals surface area (Å²) >= 11 is 5.81.